The zero-order chi connectivity index (χ0) is 20.4. The largest absolute Gasteiger partial charge is 0.484 e. The lowest BCUT2D eigenvalue weighted by molar-refractivity contribution is -0.118. The number of hydrogen-bond acceptors (Lipinski definition) is 4. The lowest BCUT2D eigenvalue weighted by Gasteiger charge is -2.16. The van der Waals surface area contributed by atoms with Crippen LogP contribution < -0.4 is 19.9 Å². The molecule has 0 aliphatic carbocycles. The van der Waals surface area contributed by atoms with Gasteiger partial charge in [-0.25, -0.2) is 0 Å². The van der Waals surface area contributed by atoms with Crippen LogP contribution in [0.3, 0.4) is 0 Å². The minimum Gasteiger partial charge on any atom is -0.484 e. The van der Waals surface area contributed by atoms with E-state index in [2.05, 4.69) is 5.32 Å². The first-order chi connectivity index (χ1) is 14.0. The van der Waals surface area contributed by atoms with Crippen molar-refractivity contribution in [2.45, 2.75) is 26.2 Å². The van der Waals surface area contributed by atoms with Gasteiger partial charge in [0.15, 0.2) is 6.61 Å². The van der Waals surface area contributed by atoms with Crippen molar-refractivity contribution >= 4 is 34.8 Å². The fraction of sp³-hybridized carbons (Fsp3) is 0.318. The summed E-state index contributed by atoms with van der Waals surface area (Å²) in [6, 6.07) is 12.7. The second-order valence-corrected chi connectivity index (χ2v) is 7.24. The molecule has 0 spiro atoms. The van der Waals surface area contributed by atoms with Gasteiger partial charge in [0.25, 0.3) is 5.91 Å². The van der Waals surface area contributed by atoms with Crippen molar-refractivity contribution in [1.82, 2.24) is 0 Å². The molecule has 1 fully saturated rings. The Morgan fingerprint density at radius 2 is 1.86 bits per heavy atom. The van der Waals surface area contributed by atoms with Crippen molar-refractivity contribution in [1.29, 1.82) is 0 Å². The Kier molecular flexibility index (Phi) is 5.20. The lowest BCUT2D eigenvalue weighted by atomic mass is 10.1. The Labute approximate surface area is 169 Å². The van der Waals surface area contributed by atoms with E-state index in [-0.39, 0.29) is 24.3 Å². The molecule has 7 nitrogen and oxygen atoms in total. The SMILES string of the molecule is CC(=O)N1CCc2cc(NC(=O)COc3ccc(N4CCCC4=O)cc3)ccc21. The monoisotopic (exact) mass is 393 g/mol. The molecule has 0 aromatic heterocycles. The highest BCUT2D eigenvalue weighted by Crippen LogP contribution is 2.30. The molecular weight excluding hydrogens is 370 g/mol. The molecule has 2 aliphatic rings. The molecule has 2 aromatic carbocycles. The molecule has 3 amide bonds. The van der Waals surface area contributed by atoms with Crippen molar-refractivity contribution in [2.24, 2.45) is 0 Å². The summed E-state index contributed by atoms with van der Waals surface area (Å²) in [6.07, 6.45) is 2.25. The smallest absolute Gasteiger partial charge is 0.262 e. The maximum absolute atomic E-state index is 12.2. The van der Waals surface area contributed by atoms with Crippen LogP contribution in [0.2, 0.25) is 0 Å². The Morgan fingerprint density at radius 1 is 1.07 bits per heavy atom. The normalized spacial score (nSPS) is 15.4. The molecule has 2 aliphatic heterocycles. The summed E-state index contributed by atoms with van der Waals surface area (Å²) in [4.78, 5) is 39.1. The molecule has 1 N–H and O–H groups in total. The zero-order valence-corrected chi connectivity index (χ0v) is 16.3. The van der Waals surface area contributed by atoms with E-state index in [0.717, 1.165) is 36.3 Å². The number of carbonyl (C=O) groups is 3. The van der Waals surface area contributed by atoms with Crippen molar-refractivity contribution in [2.75, 3.05) is 34.8 Å². The Balaban J connectivity index is 1.31. The second kappa shape index (κ2) is 7.95. The quantitative estimate of drug-likeness (QED) is 0.847. The van der Waals surface area contributed by atoms with Gasteiger partial charge in [-0.15, -0.1) is 0 Å². The van der Waals surface area contributed by atoms with Crippen molar-refractivity contribution in [3.63, 3.8) is 0 Å². The number of fused-ring (bicyclic) bond motifs is 1. The summed E-state index contributed by atoms with van der Waals surface area (Å²) in [7, 11) is 0. The number of ether oxygens (including phenoxy) is 1. The van der Waals surface area contributed by atoms with Crippen LogP contribution in [0.4, 0.5) is 17.1 Å². The number of amides is 3. The van der Waals surface area contributed by atoms with Gasteiger partial charge in [0.2, 0.25) is 11.8 Å². The predicted molar refractivity (Wildman–Crippen MR) is 110 cm³/mol. The third kappa shape index (κ3) is 4.08. The van der Waals surface area contributed by atoms with E-state index in [9.17, 15) is 14.4 Å². The van der Waals surface area contributed by atoms with Gasteiger partial charge in [-0.3, -0.25) is 14.4 Å². The van der Waals surface area contributed by atoms with E-state index < -0.39 is 0 Å². The molecule has 29 heavy (non-hydrogen) atoms. The average molecular weight is 393 g/mol. The van der Waals surface area contributed by atoms with Gasteiger partial charge in [0, 0.05) is 43.5 Å². The van der Waals surface area contributed by atoms with Gasteiger partial charge in [-0.05, 0) is 60.9 Å². The Morgan fingerprint density at radius 3 is 2.55 bits per heavy atom. The molecule has 0 saturated carbocycles. The van der Waals surface area contributed by atoms with Crippen LogP contribution in [0.5, 0.6) is 5.75 Å². The number of nitrogens with one attached hydrogen (secondary N) is 1. The van der Waals surface area contributed by atoms with E-state index in [4.69, 9.17) is 4.74 Å². The maximum Gasteiger partial charge on any atom is 0.262 e. The fourth-order valence-corrected chi connectivity index (χ4v) is 3.80. The fourth-order valence-electron chi connectivity index (χ4n) is 3.80. The summed E-state index contributed by atoms with van der Waals surface area (Å²) in [5, 5.41) is 2.83. The molecule has 0 radical (unpaired) electrons. The van der Waals surface area contributed by atoms with Crippen molar-refractivity contribution in [3.8, 4) is 5.75 Å². The molecule has 4 rings (SSSR count). The number of rotatable bonds is 5. The van der Waals surface area contributed by atoms with E-state index in [1.54, 1.807) is 34.9 Å². The van der Waals surface area contributed by atoms with Gasteiger partial charge < -0.3 is 19.9 Å². The average Bonchev–Trinajstić information content (AvgIpc) is 3.32. The van der Waals surface area contributed by atoms with Crippen LogP contribution in [0.25, 0.3) is 0 Å². The highest BCUT2D eigenvalue weighted by molar-refractivity contribution is 5.96. The van der Waals surface area contributed by atoms with Crippen LogP contribution in [0, 0.1) is 0 Å². The molecule has 0 bridgehead atoms. The van der Waals surface area contributed by atoms with E-state index >= 15 is 0 Å². The Hall–Kier alpha value is -3.35. The molecule has 150 valence electrons. The maximum atomic E-state index is 12.2. The minimum atomic E-state index is -0.259. The standard InChI is InChI=1S/C22H23N3O4/c1-15(26)24-12-10-16-13-17(4-9-20(16)24)23-21(27)14-29-19-7-5-18(6-8-19)25-11-2-3-22(25)28/h4-9,13H,2-3,10-12,14H2,1H3,(H,23,27). The van der Waals surface area contributed by atoms with Crippen LogP contribution in [0.15, 0.2) is 42.5 Å². The topological polar surface area (TPSA) is 79.0 Å². The van der Waals surface area contributed by atoms with Gasteiger partial charge in [0.1, 0.15) is 5.75 Å². The molecule has 2 aromatic rings. The van der Waals surface area contributed by atoms with Gasteiger partial charge in [-0.2, -0.15) is 0 Å². The zero-order valence-electron chi connectivity index (χ0n) is 16.3. The molecular formula is C22H23N3O4. The first-order valence-electron chi connectivity index (χ1n) is 9.75. The molecule has 7 heteroatoms. The van der Waals surface area contributed by atoms with Crippen molar-refractivity contribution < 1.29 is 19.1 Å². The van der Waals surface area contributed by atoms with Crippen LogP contribution >= 0.6 is 0 Å². The number of hydrogen-bond donors (Lipinski definition) is 1. The van der Waals surface area contributed by atoms with Crippen LogP contribution in [-0.2, 0) is 20.8 Å². The van der Waals surface area contributed by atoms with E-state index in [1.807, 2.05) is 24.3 Å². The minimum absolute atomic E-state index is 0.0223. The molecule has 1 saturated heterocycles. The first kappa shape index (κ1) is 19.0. The molecule has 2 heterocycles. The van der Waals surface area contributed by atoms with Gasteiger partial charge in [-0.1, -0.05) is 0 Å². The number of anilines is 3. The third-order valence-electron chi connectivity index (χ3n) is 5.23. The van der Waals surface area contributed by atoms with Crippen LogP contribution in [-0.4, -0.2) is 37.4 Å². The van der Waals surface area contributed by atoms with E-state index in [0.29, 0.717) is 24.4 Å². The second-order valence-electron chi connectivity index (χ2n) is 7.24. The van der Waals surface area contributed by atoms with E-state index in [1.165, 1.54) is 0 Å². The highest BCUT2D eigenvalue weighted by Gasteiger charge is 2.23. The Bertz CT molecular complexity index is 955. The summed E-state index contributed by atoms with van der Waals surface area (Å²) in [5.41, 5.74) is 3.49. The first-order valence-corrected chi connectivity index (χ1v) is 9.75. The summed E-state index contributed by atoms with van der Waals surface area (Å²) in [5.74, 6) is 0.472. The molecule has 0 atom stereocenters. The third-order valence-corrected chi connectivity index (χ3v) is 5.23. The summed E-state index contributed by atoms with van der Waals surface area (Å²) >= 11 is 0. The summed E-state index contributed by atoms with van der Waals surface area (Å²) in [6.45, 7) is 2.85. The number of nitrogens with zero attached hydrogens (tertiary/aromatic N) is 2. The highest BCUT2D eigenvalue weighted by atomic mass is 16.5. The number of benzene rings is 2. The molecule has 0 unspecified atom stereocenters. The number of carbonyl (C=O) groups excluding carboxylic acids is 3. The van der Waals surface area contributed by atoms with Crippen molar-refractivity contribution in [3.05, 3.63) is 48.0 Å². The lowest BCUT2D eigenvalue weighted by Crippen LogP contribution is -2.25. The van der Waals surface area contributed by atoms with Gasteiger partial charge in [0.05, 0.1) is 0 Å². The summed E-state index contributed by atoms with van der Waals surface area (Å²) < 4.78 is 5.56. The predicted octanol–water partition coefficient (Wildman–Crippen LogP) is 2.74. The van der Waals surface area contributed by atoms with Gasteiger partial charge >= 0.3 is 0 Å². The van der Waals surface area contributed by atoms with Crippen LogP contribution in [0.1, 0.15) is 25.3 Å².